The molecule has 2 unspecified atom stereocenters. The maximum atomic E-state index is 5.41. The van der Waals surface area contributed by atoms with Crippen molar-refractivity contribution in [2.75, 3.05) is 0 Å². The summed E-state index contributed by atoms with van der Waals surface area (Å²) >= 11 is 5.41. The van der Waals surface area contributed by atoms with Gasteiger partial charge in [0.25, 0.3) is 0 Å². The van der Waals surface area contributed by atoms with Crippen molar-refractivity contribution in [2.24, 2.45) is 5.92 Å². The zero-order valence-electron chi connectivity index (χ0n) is 10.5. The molecule has 3 nitrogen and oxygen atoms in total. The first-order valence-corrected chi connectivity index (χ1v) is 6.90. The number of aromatic amines is 1. The lowest BCUT2D eigenvalue weighted by atomic mass is 10.1. The fourth-order valence-electron chi connectivity index (χ4n) is 2.91. The molecule has 2 atom stereocenters. The van der Waals surface area contributed by atoms with Crippen LogP contribution in [0.25, 0.3) is 11.4 Å². The van der Waals surface area contributed by atoms with Crippen LogP contribution in [-0.4, -0.2) is 14.8 Å². The summed E-state index contributed by atoms with van der Waals surface area (Å²) in [6.07, 6.45) is 3.77. The third kappa shape index (κ3) is 1.90. The molecule has 1 aliphatic carbocycles. The second-order valence-corrected chi connectivity index (χ2v) is 5.45. The smallest absolute Gasteiger partial charge is 0.195 e. The zero-order valence-corrected chi connectivity index (χ0v) is 11.3. The lowest BCUT2D eigenvalue weighted by Crippen LogP contribution is -2.13. The Morgan fingerprint density at radius 1 is 1.28 bits per heavy atom. The molecule has 0 aliphatic heterocycles. The third-order valence-electron chi connectivity index (χ3n) is 3.88. The molecule has 0 saturated heterocycles. The molecule has 1 saturated carbocycles. The van der Waals surface area contributed by atoms with Crippen LogP contribution < -0.4 is 0 Å². The van der Waals surface area contributed by atoms with Gasteiger partial charge in [0.2, 0.25) is 0 Å². The van der Waals surface area contributed by atoms with E-state index in [2.05, 4.69) is 33.8 Å². The van der Waals surface area contributed by atoms with Crippen molar-refractivity contribution >= 4 is 12.2 Å². The summed E-state index contributed by atoms with van der Waals surface area (Å²) in [5.74, 6) is 1.65. The number of rotatable bonds is 2. The molecule has 1 aromatic heterocycles. The van der Waals surface area contributed by atoms with E-state index < -0.39 is 0 Å². The minimum Gasteiger partial charge on any atom is -0.297 e. The van der Waals surface area contributed by atoms with Crippen molar-refractivity contribution in [1.29, 1.82) is 0 Å². The maximum Gasteiger partial charge on any atom is 0.195 e. The van der Waals surface area contributed by atoms with Gasteiger partial charge >= 0.3 is 0 Å². The van der Waals surface area contributed by atoms with Crippen molar-refractivity contribution in [3.63, 3.8) is 0 Å². The highest BCUT2D eigenvalue weighted by molar-refractivity contribution is 7.71. The highest BCUT2D eigenvalue weighted by Gasteiger charge is 2.27. The molecule has 1 fully saturated rings. The maximum absolute atomic E-state index is 5.41. The zero-order chi connectivity index (χ0) is 12.5. The van der Waals surface area contributed by atoms with E-state index in [0.717, 1.165) is 16.2 Å². The SMILES string of the molecule is CC1CCCC1n1c(-c2ccccc2)n[nH]c1=S. The second-order valence-electron chi connectivity index (χ2n) is 5.06. The summed E-state index contributed by atoms with van der Waals surface area (Å²) in [5, 5.41) is 7.36. The van der Waals surface area contributed by atoms with E-state index >= 15 is 0 Å². The lowest BCUT2D eigenvalue weighted by Gasteiger charge is -2.19. The largest absolute Gasteiger partial charge is 0.297 e. The van der Waals surface area contributed by atoms with Crippen molar-refractivity contribution < 1.29 is 0 Å². The van der Waals surface area contributed by atoms with E-state index in [1.165, 1.54) is 19.3 Å². The first-order valence-electron chi connectivity index (χ1n) is 6.49. The molecule has 0 amide bonds. The number of hydrogen-bond acceptors (Lipinski definition) is 2. The average Bonchev–Trinajstić information content (AvgIpc) is 2.96. The molecule has 1 aliphatic rings. The first-order chi connectivity index (χ1) is 8.77. The molecule has 3 rings (SSSR count). The predicted octanol–water partition coefficient (Wildman–Crippen LogP) is 3.97. The van der Waals surface area contributed by atoms with Crippen LogP contribution in [-0.2, 0) is 0 Å². The van der Waals surface area contributed by atoms with Crippen LogP contribution in [0.2, 0.25) is 0 Å². The van der Waals surface area contributed by atoms with Gasteiger partial charge in [0, 0.05) is 11.6 Å². The number of hydrogen-bond donors (Lipinski definition) is 1. The molecule has 4 heteroatoms. The standard InChI is InChI=1S/C14H17N3S/c1-10-6-5-9-12(10)17-13(15-16-14(17)18)11-7-3-2-4-8-11/h2-4,7-8,10,12H,5-6,9H2,1H3,(H,16,18). The highest BCUT2D eigenvalue weighted by atomic mass is 32.1. The number of H-pyrrole nitrogens is 1. The van der Waals surface area contributed by atoms with Crippen LogP contribution in [0.1, 0.15) is 32.2 Å². The van der Waals surface area contributed by atoms with E-state index in [0.29, 0.717) is 12.0 Å². The Bertz CT molecular complexity index is 585. The summed E-state index contributed by atoms with van der Waals surface area (Å²) in [7, 11) is 0. The van der Waals surface area contributed by atoms with Gasteiger partial charge in [-0.1, -0.05) is 43.7 Å². The van der Waals surface area contributed by atoms with Gasteiger partial charge < -0.3 is 0 Å². The van der Waals surface area contributed by atoms with Gasteiger partial charge in [-0.05, 0) is 31.0 Å². The Morgan fingerprint density at radius 3 is 2.72 bits per heavy atom. The summed E-state index contributed by atoms with van der Waals surface area (Å²) in [6.45, 7) is 2.31. The second kappa shape index (κ2) is 4.69. The molecule has 94 valence electrons. The Morgan fingerprint density at radius 2 is 2.06 bits per heavy atom. The topological polar surface area (TPSA) is 33.6 Å². The van der Waals surface area contributed by atoms with Gasteiger partial charge in [-0.25, -0.2) is 0 Å². The van der Waals surface area contributed by atoms with Gasteiger partial charge in [0.05, 0.1) is 0 Å². The van der Waals surface area contributed by atoms with E-state index in [1.54, 1.807) is 0 Å². The molecule has 2 aromatic rings. The minimum absolute atomic E-state index is 0.492. The summed E-state index contributed by atoms with van der Waals surface area (Å²) in [5.41, 5.74) is 1.13. The summed E-state index contributed by atoms with van der Waals surface area (Å²) in [6, 6.07) is 10.8. The van der Waals surface area contributed by atoms with Crippen molar-refractivity contribution in [3.8, 4) is 11.4 Å². The van der Waals surface area contributed by atoms with Crippen LogP contribution in [0, 0.1) is 10.7 Å². The third-order valence-corrected chi connectivity index (χ3v) is 4.17. The van der Waals surface area contributed by atoms with E-state index in [1.807, 2.05) is 18.2 Å². The van der Waals surface area contributed by atoms with E-state index in [9.17, 15) is 0 Å². The molecule has 0 spiro atoms. The lowest BCUT2D eigenvalue weighted by molar-refractivity contribution is 0.406. The minimum atomic E-state index is 0.492. The molecule has 0 bridgehead atoms. The Kier molecular flexibility index (Phi) is 3.04. The monoisotopic (exact) mass is 259 g/mol. The molecular formula is C14H17N3S. The predicted molar refractivity (Wildman–Crippen MR) is 74.9 cm³/mol. The molecular weight excluding hydrogens is 242 g/mol. The normalized spacial score (nSPS) is 23.4. The highest BCUT2D eigenvalue weighted by Crippen LogP contribution is 2.37. The Balaban J connectivity index is 2.10. The summed E-state index contributed by atoms with van der Waals surface area (Å²) in [4.78, 5) is 0. The molecule has 1 aromatic carbocycles. The van der Waals surface area contributed by atoms with E-state index in [-0.39, 0.29) is 0 Å². The Labute approximate surface area is 112 Å². The van der Waals surface area contributed by atoms with Gasteiger partial charge in [-0.2, -0.15) is 5.10 Å². The van der Waals surface area contributed by atoms with E-state index in [4.69, 9.17) is 12.2 Å². The van der Waals surface area contributed by atoms with Crippen LogP contribution in [0.15, 0.2) is 30.3 Å². The number of benzene rings is 1. The molecule has 1 N–H and O–H groups in total. The quantitative estimate of drug-likeness (QED) is 0.828. The van der Waals surface area contributed by atoms with Crippen LogP contribution in [0.3, 0.4) is 0 Å². The fourth-order valence-corrected chi connectivity index (χ4v) is 3.18. The molecule has 0 radical (unpaired) electrons. The fraction of sp³-hybridized carbons (Fsp3) is 0.429. The van der Waals surface area contributed by atoms with Gasteiger partial charge in [-0.15, -0.1) is 0 Å². The number of aromatic nitrogens is 3. The first kappa shape index (κ1) is 11.7. The number of nitrogens with one attached hydrogen (secondary N) is 1. The number of nitrogens with zero attached hydrogens (tertiary/aromatic N) is 2. The van der Waals surface area contributed by atoms with Crippen molar-refractivity contribution in [1.82, 2.24) is 14.8 Å². The summed E-state index contributed by atoms with van der Waals surface area (Å²) < 4.78 is 2.95. The van der Waals surface area contributed by atoms with Crippen LogP contribution >= 0.6 is 12.2 Å². The molecule has 18 heavy (non-hydrogen) atoms. The van der Waals surface area contributed by atoms with Crippen molar-refractivity contribution in [2.45, 2.75) is 32.2 Å². The van der Waals surface area contributed by atoms with Gasteiger partial charge in [-0.3, -0.25) is 9.67 Å². The molecule has 1 heterocycles. The van der Waals surface area contributed by atoms with Gasteiger partial charge in [0.1, 0.15) is 0 Å². The van der Waals surface area contributed by atoms with Gasteiger partial charge in [0.15, 0.2) is 10.6 Å². The Hall–Kier alpha value is -1.42. The van der Waals surface area contributed by atoms with Crippen LogP contribution in [0.4, 0.5) is 0 Å². The van der Waals surface area contributed by atoms with Crippen LogP contribution in [0.5, 0.6) is 0 Å². The average molecular weight is 259 g/mol. The van der Waals surface area contributed by atoms with Crippen molar-refractivity contribution in [3.05, 3.63) is 35.1 Å².